The number of rotatable bonds is 23. The first-order valence-corrected chi connectivity index (χ1v) is 26.6. The van der Waals surface area contributed by atoms with Gasteiger partial charge in [0, 0.05) is 0 Å². The summed E-state index contributed by atoms with van der Waals surface area (Å²) in [4.78, 5) is 32.3. The van der Waals surface area contributed by atoms with Crippen LogP contribution < -0.4 is 29.9 Å². The predicted molar refractivity (Wildman–Crippen MR) is 225 cm³/mol. The molecule has 5 rings (SSSR count). The lowest BCUT2D eigenvalue weighted by molar-refractivity contribution is -0.383. The van der Waals surface area contributed by atoms with Crippen LogP contribution in [0.4, 0.5) is 0 Å². The van der Waals surface area contributed by atoms with Crippen LogP contribution in [0.3, 0.4) is 0 Å². The molecule has 9 N–H and O–H groups in total. The van der Waals surface area contributed by atoms with E-state index in [1.165, 1.54) is 31.4 Å². The van der Waals surface area contributed by atoms with Crippen LogP contribution in [-0.2, 0) is 101 Å². The van der Waals surface area contributed by atoms with Gasteiger partial charge >= 0.3 is 41.6 Å². The molecule has 42 heteroatoms. The van der Waals surface area contributed by atoms with Gasteiger partial charge in [0.15, 0.2) is 18.9 Å². The third-order valence-corrected chi connectivity index (χ3v) is 12.7. The van der Waals surface area contributed by atoms with Gasteiger partial charge in [0.1, 0.15) is 109 Å². The number of aliphatic carboxylic acids is 2. The molecule has 4 aliphatic rings. The Morgan fingerprint density at radius 2 is 0.896 bits per heavy atom. The van der Waals surface area contributed by atoms with Crippen molar-refractivity contribution in [2.24, 2.45) is 9.98 Å². The van der Waals surface area contributed by atoms with Crippen LogP contribution in [-0.4, -0.2) is 244 Å². The largest absolute Gasteiger partial charge is 0.862 e. The zero-order valence-corrected chi connectivity index (χ0v) is 42.1. The summed E-state index contributed by atoms with van der Waals surface area (Å²) in [6.45, 7) is -1.82. The summed E-state index contributed by atoms with van der Waals surface area (Å²) in [6.07, 6.45) is -46.7. The molecule has 0 saturated carbocycles. The van der Waals surface area contributed by atoms with E-state index in [0.29, 0.717) is 19.6 Å². The fourth-order valence-corrected chi connectivity index (χ4v) is 9.43. The first-order chi connectivity index (χ1) is 35.5. The van der Waals surface area contributed by atoms with Crippen molar-refractivity contribution in [2.45, 2.75) is 137 Å². The minimum Gasteiger partial charge on any atom is -0.862 e. The average Bonchev–Trinajstić information content (AvgIpc) is 3.29. The van der Waals surface area contributed by atoms with E-state index in [0.717, 1.165) is 0 Å². The normalized spacial score (nSPS) is 36.9. The van der Waals surface area contributed by atoms with Crippen LogP contribution in [0, 0.1) is 0 Å². The molecular formula is C35H46N2O36S4-4. The number of aliphatic hydroxyl groups is 5. The molecule has 4 fully saturated rings. The highest BCUT2D eigenvalue weighted by Crippen LogP contribution is 2.38. The first kappa shape index (κ1) is 63.5. The van der Waals surface area contributed by atoms with Crippen LogP contribution in [0.25, 0.3) is 0 Å². The second kappa shape index (κ2) is 25.4. The lowest BCUT2D eigenvalue weighted by atomic mass is 9.94. The molecule has 0 amide bonds. The van der Waals surface area contributed by atoms with E-state index in [1.807, 2.05) is 0 Å². The van der Waals surface area contributed by atoms with Crippen molar-refractivity contribution < 1.29 is 167 Å². The maximum Gasteiger partial charge on any atom is 0.397 e. The number of methoxy groups -OCH3 is 1. The molecular weight excluding hydrogens is 1150 g/mol. The molecule has 4 saturated heterocycles. The van der Waals surface area contributed by atoms with Crippen LogP contribution in [0.5, 0.6) is 11.5 Å². The zero-order valence-electron chi connectivity index (χ0n) is 38.8. The first-order valence-electron chi connectivity index (χ1n) is 21.2. The molecule has 0 aromatic heterocycles. The number of aliphatic hydroxyl groups excluding tert-OH is 5. The Balaban J connectivity index is 1.55. The van der Waals surface area contributed by atoms with Gasteiger partial charge in [0.05, 0.1) is 32.3 Å². The topological polar surface area (TPSA) is 590 Å². The predicted octanol–water partition coefficient (Wildman–Crippen LogP) is -11.3. The van der Waals surface area contributed by atoms with Crippen molar-refractivity contribution in [2.75, 3.05) is 20.3 Å². The molecule has 0 radical (unpaired) electrons. The van der Waals surface area contributed by atoms with Crippen molar-refractivity contribution in [3.05, 3.63) is 24.3 Å². The van der Waals surface area contributed by atoms with Crippen LogP contribution >= 0.6 is 0 Å². The molecule has 4 aliphatic heterocycles. The lowest BCUT2D eigenvalue weighted by Crippen LogP contribution is -2.69. The third kappa shape index (κ3) is 17.3. The summed E-state index contributed by atoms with van der Waals surface area (Å²) < 4.78 is 198. The minimum atomic E-state index is -5.93. The number of aliphatic imine (C=N–C) groups is 2. The molecule has 1 aromatic rings. The average molecular weight is 1200 g/mol. The van der Waals surface area contributed by atoms with E-state index in [1.54, 1.807) is 0 Å². The highest BCUT2D eigenvalue weighted by molar-refractivity contribution is 7.81. The van der Waals surface area contributed by atoms with Gasteiger partial charge in [-0.15, -0.1) is 0 Å². The van der Waals surface area contributed by atoms with Gasteiger partial charge in [0.2, 0.25) is 6.29 Å². The summed E-state index contributed by atoms with van der Waals surface area (Å²) in [6, 6.07) is 0.401. The standard InChI is InChI=1S/C35H50N2O36S4/c1-10(38)36-16-18(40)23(72-76(55,56)57)14(8-62-74(49,50)51)65-32(16)68-26-20(42)22(44)35(71-29(26)31(47)48)67-25-17(37-11(2)39)33(66-15(9-63-75(52,53)54)24(25)73-77(58,59)60)69-27-19(41)21(43)34(70-28(27)30(45)46)64-13-6-4-12(61-3)5-7-13/h4-7,14-29,32-35,40-44H,8-9H2,1-3H3,(H,36,38)(H,37,39)(H,45,46)(H,47,48)(H,49,50,51)(H,52,53,54)(H,55,56,57)(H,58,59,60)/p-4/t14-,15-,16-,17-,18-,19-,20-,21-,22-,23+,24+,25-,26+,27+,28+,29+,32+,33+,34-,35-/m1/s1. The quantitative estimate of drug-likeness (QED) is 0.0279. The maximum atomic E-state index is 12.8. The molecule has 38 nitrogen and oxygen atoms in total. The Morgan fingerprint density at radius 1 is 0.506 bits per heavy atom. The third-order valence-electron chi connectivity index (χ3n) is 10.9. The fourth-order valence-electron chi connectivity index (χ4n) is 7.78. The van der Waals surface area contributed by atoms with E-state index in [9.17, 15) is 103 Å². The molecule has 4 heterocycles. The van der Waals surface area contributed by atoms with Crippen LogP contribution in [0.2, 0.25) is 0 Å². The number of hydrogen-bond donors (Lipinski definition) is 9. The molecule has 20 atom stereocenters. The second-order valence-electron chi connectivity index (χ2n) is 16.3. The van der Waals surface area contributed by atoms with Gasteiger partial charge in [-0.05, 0) is 49.9 Å². The summed E-state index contributed by atoms with van der Waals surface area (Å²) in [7, 11) is -21.3. The SMILES string of the molecule is COc1ccc(O[C@@H]2O[C@H](C(=O)[O-])[C@@H](O[C@@H]3O[C@H](COS(=O)(=O)O)[C@H](OS(=O)(=O)O)[C@H](O[C@@H]4O[C@H](C(=O)[O-])[C@@H](O[C@@H]5O[C@H](COS(=O)(=O)O)[C@H](OS(=O)(=O)O)[C@H](O)[C@H]5N=C(C)[O-])[C@H](O)[C@H]4O)[C@H]3N=C(C)[O-])[C@H](O)[C@H]2O)cc1. The Kier molecular flexibility index (Phi) is 21.0. The number of benzene rings is 1. The number of carboxylic acid groups (broad SMARTS) is 2. The molecule has 0 unspecified atom stereocenters. The van der Waals surface area contributed by atoms with Crippen molar-refractivity contribution in [3.8, 4) is 11.5 Å². The maximum absolute atomic E-state index is 12.8. The number of nitrogens with zero attached hydrogens (tertiary/aromatic N) is 2. The molecule has 0 bridgehead atoms. The Hall–Kier alpha value is -4.30. The van der Waals surface area contributed by atoms with Crippen LogP contribution in [0.15, 0.2) is 34.3 Å². The van der Waals surface area contributed by atoms with Gasteiger partial charge in [0.25, 0.3) is 0 Å². The van der Waals surface area contributed by atoms with Gasteiger partial charge in [-0.1, -0.05) is 0 Å². The van der Waals surface area contributed by atoms with E-state index in [2.05, 4.69) is 26.7 Å². The number of ether oxygens (including phenoxy) is 9. The Labute approximate surface area is 433 Å². The fraction of sp³-hybridized carbons (Fsp3) is 0.714. The van der Waals surface area contributed by atoms with Gasteiger partial charge in [-0.2, -0.15) is 33.7 Å². The molecule has 0 aliphatic carbocycles. The van der Waals surface area contributed by atoms with Gasteiger partial charge in [-0.3, -0.25) is 28.2 Å². The van der Waals surface area contributed by atoms with Crippen molar-refractivity contribution in [1.82, 2.24) is 0 Å². The second-order valence-corrected chi connectivity index (χ2v) is 20.6. The highest BCUT2D eigenvalue weighted by Gasteiger charge is 2.58. The summed E-state index contributed by atoms with van der Waals surface area (Å²) in [5, 5.41) is 107. The summed E-state index contributed by atoms with van der Waals surface area (Å²) in [5.41, 5.74) is 0. The monoisotopic (exact) mass is 1200 g/mol. The van der Waals surface area contributed by atoms with E-state index >= 15 is 0 Å². The van der Waals surface area contributed by atoms with Crippen LogP contribution in [0.1, 0.15) is 13.8 Å². The zero-order chi connectivity index (χ0) is 57.9. The number of carbonyl (C=O) groups excluding carboxylic acids is 2. The molecule has 0 spiro atoms. The minimum absolute atomic E-state index is 0.106. The van der Waals surface area contributed by atoms with Crippen molar-refractivity contribution in [3.63, 3.8) is 0 Å². The molecule has 440 valence electrons. The van der Waals surface area contributed by atoms with Crippen molar-refractivity contribution in [1.29, 1.82) is 0 Å². The Morgan fingerprint density at radius 3 is 1.32 bits per heavy atom. The Bertz CT molecular complexity index is 2720. The van der Waals surface area contributed by atoms with Gasteiger partial charge < -0.3 is 98.2 Å². The smallest absolute Gasteiger partial charge is 0.397 e. The van der Waals surface area contributed by atoms with Crippen molar-refractivity contribution >= 4 is 65.3 Å². The number of hydrogen-bond acceptors (Lipinski definition) is 34. The summed E-state index contributed by atoms with van der Waals surface area (Å²) in [5.74, 6) is -7.09. The summed E-state index contributed by atoms with van der Waals surface area (Å²) >= 11 is 0. The molecule has 77 heavy (non-hydrogen) atoms. The number of carboxylic acids is 2. The number of carbonyl (C=O) groups is 2. The molecule has 1 aromatic carbocycles. The lowest BCUT2D eigenvalue weighted by Gasteiger charge is -2.50. The van der Waals surface area contributed by atoms with E-state index < -0.39 is 201 Å². The van der Waals surface area contributed by atoms with E-state index in [4.69, 9.17) is 47.2 Å². The van der Waals surface area contributed by atoms with Gasteiger partial charge in [-0.25, -0.2) is 16.7 Å². The highest BCUT2D eigenvalue weighted by atomic mass is 32.3. The van der Waals surface area contributed by atoms with E-state index in [-0.39, 0.29) is 5.75 Å².